The van der Waals surface area contributed by atoms with E-state index in [0.29, 0.717) is 17.3 Å². The number of nitrogens with zero attached hydrogens (tertiary/aromatic N) is 3. The first-order valence-electron chi connectivity index (χ1n) is 8.46. The Morgan fingerprint density at radius 3 is 2.81 bits per heavy atom. The van der Waals surface area contributed by atoms with Crippen LogP contribution in [0.15, 0.2) is 36.5 Å². The normalized spacial score (nSPS) is 13.4. The summed E-state index contributed by atoms with van der Waals surface area (Å²) in [6, 6.07) is 9.05. The zero-order valence-electron chi connectivity index (χ0n) is 15.0. The van der Waals surface area contributed by atoms with Crippen LogP contribution in [-0.4, -0.2) is 37.0 Å². The summed E-state index contributed by atoms with van der Waals surface area (Å²) in [5.41, 5.74) is 2.49. The number of aliphatic hydroxyl groups is 1. The molecule has 3 N–H and O–H groups in total. The number of H-pyrrole nitrogens is 1. The first-order valence-corrected chi connectivity index (χ1v) is 9.42. The Balaban J connectivity index is 1.62. The van der Waals surface area contributed by atoms with Crippen LogP contribution >= 0.6 is 20.8 Å². The maximum Gasteiger partial charge on any atom is 0.272 e. The number of aliphatic hydroxyl groups excluding tert-OH is 1. The Hall–Kier alpha value is -2.21. The number of hydrogen-bond donors (Lipinski definition) is 3. The number of nitrogens with one attached hydrogen (secondary N) is 2. The van der Waals surface area contributed by atoms with Crippen LogP contribution in [0.5, 0.6) is 0 Å². The zero-order chi connectivity index (χ0) is 19.6. The first kappa shape index (κ1) is 19.5. The van der Waals surface area contributed by atoms with Gasteiger partial charge >= 0.3 is 0 Å². The molecule has 1 aromatic carbocycles. The van der Waals surface area contributed by atoms with Crippen molar-refractivity contribution in [2.24, 2.45) is 0 Å². The molecule has 0 radical (unpaired) electrons. The van der Waals surface area contributed by atoms with Gasteiger partial charge in [-0.3, -0.25) is 14.6 Å². The van der Waals surface area contributed by atoms with E-state index in [9.17, 15) is 9.90 Å². The lowest BCUT2D eigenvalue weighted by atomic mass is 10.2. The lowest BCUT2D eigenvalue weighted by molar-refractivity contribution is 0.0931. The molecule has 0 aliphatic heterocycles. The molecule has 0 bridgehead atoms. The number of aromatic nitrogens is 4. The second kappa shape index (κ2) is 8.21. The van der Waals surface area contributed by atoms with Crippen molar-refractivity contribution in [2.45, 2.75) is 32.5 Å². The highest BCUT2D eigenvalue weighted by molar-refractivity contribution is 7.28. The number of amides is 1. The molecule has 9 heteroatoms. The predicted octanol–water partition coefficient (Wildman–Crippen LogP) is 2.30. The van der Waals surface area contributed by atoms with Gasteiger partial charge in [-0.2, -0.15) is 10.2 Å². The molecule has 142 valence electrons. The van der Waals surface area contributed by atoms with Gasteiger partial charge in [-0.05, 0) is 37.4 Å². The molecule has 0 spiro atoms. The number of hydrogen-bond acceptors (Lipinski definition) is 4. The number of carbonyl (C=O) groups excluding carboxylic acids is 1. The van der Waals surface area contributed by atoms with E-state index in [1.165, 1.54) is 6.07 Å². The standard InChI is InChI=1S/C18H21ClN5O2P/c1-10(20-18(26)16-8-15(11(2)25)21-22-16)9-24-6-5-14(23-24)12-3-4-17(27)13(19)7-12/h3-8,10-11,25H,9,27H2,1-2H3,(H,20,26)(H,21,22)/t10-,11+/m0/s1. The van der Waals surface area contributed by atoms with E-state index in [4.69, 9.17) is 11.6 Å². The number of halogens is 1. The van der Waals surface area contributed by atoms with Crippen LogP contribution < -0.4 is 10.6 Å². The summed E-state index contributed by atoms with van der Waals surface area (Å²) in [5.74, 6) is -0.305. The van der Waals surface area contributed by atoms with Gasteiger partial charge in [-0.1, -0.05) is 23.7 Å². The molecule has 27 heavy (non-hydrogen) atoms. The van der Waals surface area contributed by atoms with Crippen molar-refractivity contribution < 1.29 is 9.90 Å². The van der Waals surface area contributed by atoms with Crippen LogP contribution in [-0.2, 0) is 6.54 Å². The molecular weight excluding hydrogens is 385 g/mol. The molecule has 0 aliphatic carbocycles. The van der Waals surface area contributed by atoms with E-state index in [1.54, 1.807) is 11.6 Å². The molecule has 0 saturated heterocycles. The van der Waals surface area contributed by atoms with Gasteiger partial charge in [0.2, 0.25) is 0 Å². The molecule has 3 rings (SSSR count). The molecule has 0 fully saturated rings. The minimum Gasteiger partial charge on any atom is -0.387 e. The average molecular weight is 406 g/mol. The summed E-state index contributed by atoms with van der Waals surface area (Å²) in [5, 5.41) is 25.1. The smallest absolute Gasteiger partial charge is 0.272 e. The van der Waals surface area contributed by atoms with E-state index >= 15 is 0 Å². The number of benzene rings is 1. The Morgan fingerprint density at radius 1 is 1.37 bits per heavy atom. The third kappa shape index (κ3) is 4.75. The Labute approximate surface area is 164 Å². The summed E-state index contributed by atoms with van der Waals surface area (Å²) in [4.78, 5) is 12.3. The summed E-state index contributed by atoms with van der Waals surface area (Å²) in [6.07, 6.45) is 1.16. The van der Waals surface area contributed by atoms with Crippen molar-refractivity contribution in [1.82, 2.24) is 25.3 Å². The molecule has 3 atom stereocenters. The predicted molar refractivity (Wildman–Crippen MR) is 108 cm³/mol. The van der Waals surface area contributed by atoms with Gasteiger partial charge < -0.3 is 10.4 Å². The van der Waals surface area contributed by atoms with Crippen LogP contribution in [0.3, 0.4) is 0 Å². The first-order chi connectivity index (χ1) is 12.8. The summed E-state index contributed by atoms with van der Waals surface area (Å²) < 4.78 is 1.77. The van der Waals surface area contributed by atoms with Gasteiger partial charge in [0, 0.05) is 22.8 Å². The van der Waals surface area contributed by atoms with Gasteiger partial charge in [-0.15, -0.1) is 9.24 Å². The van der Waals surface area contributed by atoms with Gasteiger partial charge in [0.15, 0.2) is 0 Å². The van der Waals surface area contributed by atoms with Gasteiger partial charge in [0.05, 0.1) is 24.0 Å². The van der Waals surface area contributed by atoms with Crippen LogP contribution in [0.1, 0.15) is 36.1 Å². The van der Waals surface area contributed by atoms with Gasteiger partial charge in [0.25, 0.3) is 5.91 Å². The molecule has 1 unspecified atom stereocenters. The molecular formula is C18H21ClN5O2P. The second-order valence-corrected chi connectivity index (χ2v) is 7.45. The fourth-order valence-electron chi connectivity index (χ4n) is 2.59. The largest absolute Gasteiger partial charge is 0.387 e. The zero-order valence-corrected chi connectivity index (χ0v) is 16.9. The fourth-order valence-corrected chi connectivity index (χ4v) is 2.95. The Kier molecular flexibility index (Phi) is 5.95. The lowest BCUT2D eigenvalue weighted by Crippen LogP contribution is -2.36. The van der Waals surface area contributed by atoms with Crippen molar-refractivity contribution in [3.05, 3.63) is 52.9 Å². The molecule has 0 saturated carbocycles. The van der Waals surface area contributed by atoms with Crippen LogP contribution in [0.4, 0.5) is 0 Å². The summed E-state index contributed by atoms with van der Waals surface area (Å²) in [7, 11) is 2.59. The van der Waals surface area contributed by atoms with E-state index in [0.717, 1.165) is 16.6 Å². The summed E-state index contributed by atoms with van der Waals surface area (Å²) >= 11 is 6.16. The van der Waals surface area contributed by atoms with E-state index < -0.39 is 6.10 Å². The monoisotopic (exact) mass is 405 g/mol. The number of carbonyl (C=O) groups is 1. The minimum atomic E-state index is -0.701. The maximum atomic E-state index is 12.3. The van der Waals surface area contributed by atoms with Gasteiger partial charge in [0.1, 0.15) is 5.69 Å². The van der Waals surface area contributed by atoms with Crippen LogP contribution in [0, 0.1) is 0 Å². The lowest BCUT2D eigenvalue weighted by Gasteiger charge is -2.13. The van der Waals surface area contributed by atoms with Crippen molar-refractivity contribution >= 4 is 32.1 Å². The van der Waals surface area contributed by atoms with E-state index in [2.05, 4.69) is 29.9 Å². The van der Waals surface area contributed by atoms with E-state index in [-0.39, 0.29) is 17.6 Å². The highest BCUT2D eigenvalue weighted by Crippen LogP contribution is 2.21. The highest BCUT2D eigenvalue weighted by Gasteiger charge is 2.15. The molecule has 2 aromatic heterocycles. The average Bonchev–Trinajstić information content (AvgIpc) is 3.26. The maximum absolute atomic E-state index is 12.3. The Bertz CT molecular complexity index is 953. The van der Waals surface area contributed by atoms with Crippen molar-refractivity contribution in [1.29, 1.82) is 0 Å². The number of aromatic amines is 1. The molecule has 2 heterocycles. The van der Waals surface area contributed by atoms with Gasteiger partial charge in [-0.25, -0.2) is 0 Å². The summed E-state index contributed by atoms with van der Waals surface area (Å²) in [6.45, 7) is 4.00. The van der Waals surface area contributed by atoms with Crippen LogP contribution in [0.2, 0.25) is 5.02 Å². The van der Waals surface area contributed by atoms with Crippen molar-refractivity contribution in [3.8, 4) is 11.3 Å². The molecule has 7 nitrogen and oxygen atoms in total. The second-order valence-electron chi connectivity index (χ2n) is 6.42. The molecule has 3 aromatic rings. The van der Waals surface area contributed by atoms with Crippen molar-refractivity contribution in [2.75, 3.05) is 0 Å². The quantitative estimate of drug-likeness (QED) is 0.548. The fraction of sp³-hybridized carbons (Fsp3) is 0.278. The third-order valence-corrected chi connectivity index (χ3v) is 5.07. The number of rotatable bonds is 6. The molecule has 0 aliphatic rings. The Morgan fingerprint density at radius 2 is 2.15 bits per heavy atom. The third-order valence-electron chi connectivity index (χ3n) is 4.06. The topological polar surface area (TPSA) is 95.8 Å². The minimum absolute atomic E-state index is 0.157. The van der Waals surface area contributed by atoms with Crippen LogP contribution in [0.25, 0.3) is 11.3 Å². The highest BCUT2D eigenvalue weighted by atomic mass is 35.5. The van der Waals surface area contributed by atoms with E-state index in [1.807, 2.05) is 37.4 Å². The molecule has 1 amide bonds. The van der Waals surface area contributed by atoms with Crippen molar-refractivity contribution in [3.63, 3.8) is 0 Å². The SMILES string of the molecule is C[C@@H](Cn1ccc(-c2ccc(P)c(Cl)c2)n1)NC(=O)c1cc([C@@H](C)O)[nH]n1.